The van der Waals surface area contributed by atoms with Crippen LogP contribution in [0.2, 0.25) is 0 Å². The Kier molecular flexibility index (Phi) is 5.64. The lowest BCUT2D eigenvalue weighted by atomic mass is 9.86. The molecule has 2 aliphatic rings. The molecule has 116 valence electrons. The van der Waals surface area contributed by atoms with Gasteiger partial charge in [-0.25, -0.2) is 0 Å². The van der Waals surface area contributed by atoms with Gasteiger partial charge in [0.05, 0.1) is 0 Å². The number of likely N-dealkylation sites (tertiary alicyclic amines) is 1. The van der Waals surface area contributed by atoms with E-state index < -0.39 is 0 Å². The van der Waals surface area contributed by atoms with Gasteiger partial charge in [0.2, 0.25) is 0 Å². The second-order valence-corrected chi connectivity index (χ2v) is 6.65. The maximum Gasteiger partial charge on any atom is 0.0270 e. The van der Waals surface area contributed by atoms with Crippen LogP contribution >= 0.6 is 0 Å². The molecule has 1 atom stereocenters. The van der Waals surface area contributed by atoms with E-state index in [-0.39, 0.29) is 0 Å². The van der Waals surface area contributed by atoms with Crippen LogP contribution in [0.3, 0.4) is 0 Å². The Labute approximate surface area is 129 Å². The molecule has 3 nitrogen and oxygen atoms in total. The first-order chi connectivity index (χ1) is 10.4. The standard InChI is InChI=1S/C18H29N3/c1-2-4-18(17-7-12-20-13-8-17)21(14-3-1)15-9-16-5-10-19-11-6-16/h5-6,10-11,17-18,20H,1-4,7-9,12-15H2. The minimum absolute atomic E-state index is 0.830. The van der Waals surface area contributed by atoms with Crippen molar-refractivity contribution in [3.63, 3.8) is 0 Å². The Hall–Kier alpha value is -0.930. The van der Waals surface area contributed by atoms with Crippen molar-refractivity contribution in [3.8, 4) is 0 Å². The molecule has 3 rings (SSSR count). The van der Waals surface area contributed by atoms with Crippen LogP contribution in [0.4, 0.5) is 0 Å². The molecule has 2 aliphatic heterocycles. The van der Waals surface area contributed by atoms with Crippen molar-refractivity contribution in [1.29, 1.82) is 0 Å². The number of aromatic nitrogens is 1. The fraction of sp³-hybridized carbons (Fsp3) is 0.722. The second kappa shape index (κ2) is 7.90. The molecule has 1 aromatic rings. The first-order valence-electron chi connectivity index (χ1n) is 8.77. The molecule has 2 saturated heterocycles. The Morgan fingerprint density at radius 3 is 2.67 bits per heavy atom. The largest absolute Gasteiger partial charge is 0.317 e. The van der Waals surface area contributed by atoms with Crippen molar-refractivity contribution in [2.24, 2.45) is 5.92 Å². The first-order valence-corrected chi connectivity index (χ1v) is 8.77. The van der Waals surface area contributed by atoms with Gasteiger partial charge in [-0.15, -0.1) is 0 Å². The first kappa shape index (κ1) is 15.0. The zero-order valence-electron chi connectivity index (χ0n) is 13.1. The number of rotatable bonds is 4. The lowest BCUT2D eigenvalue weighted by Gasteiger charge is -2.38. The topological polar surface area (TPSA) is 28.2 Å². The third-order valence-electron chi connectivity index (χ3n) is 5.28. The molecule has 0 saturated carbocycles. The second-order valence-electron chi connectivity index (χ2n) is 6.65. The van der Waals surface area contributed by atoms with Crippen LogP contribution in [0.15, 0.2) is 24.5 Å². The molecule has 1 aromatic heterocycles. The van der Waals surface area contributed by atoms with Crippen molar-refractivity contribution in [3.05, 3.63) is 30.1 Å². The smallest absolute Gasteiger partial charge is 0.0270 e. The summed E-state index contributed by atoms with van der Waals surface area (Å²) in [5.74, 6) is 0.918. The van der Waals surface area contributed by atoms with Crippen LogP contribution in [0.1, 0.15) is 44.1 Å². The summed E-state index contributed by atoms with van der Waals surface area (Å²) in [6, 6.07) is 5.16. The number of pyridine rings is 1. The average Bonchev–Trinajstić information content (AvgIpc) is 2.80. The Morgan fingerprint density at radius 1 is 1.05 bits per heavy atom. The molecule has 0 radical (unpaired) electrons. The Bertz CT molecular complexity index is 400. The van der Waals surface area contributed by atoms with Gasteiger partial charge >= 0.3 is 0 Å². The Morgan fingerprint density at radius 2 is 1.86 bits per heavy atom. The molecule has 1 unspecified atom stereocenters. The van der Waals surface area contributed by atoms with Gasteiger partial charge in [0.25, 0.3) is 0 Å². The maximum absolute atomic E-state index is 4.12. The summed E-state index contributed by atoms with van der Waals surface area (Å²) in [4.78, 5) is 6.93. The van der Waals surface area contributed by atoms with Crippen molar-refractivity contribution >= 4 is 0 Å². The highest BCUT2D eigenvalue weighted by atomic mass is 15.2. The van der Waals surface area contributed by atoms with Gasteiger partial charge in [-0.3, -0.25) is 9.88 Å². The SMILES string of the molecule is c1cc(CCN2CCCCCC2C2CCNCC2)ccn1. The maximum atomic E-state index is 4.12. The van der Waals surface area contributed by atoms with Crippen molar-refractivity contribution in [1.82, 2.24) is 15.2 Å². The van der Waals surface area contributed by atoms with Crippen LogP contribution < -0.4 is 5.32 Å². The molecule has 1 N–H and O–H groups in total. The summed E-state index contributed by atoms with van der Waals surface area (Å²) in [6.45, 7) is 4.97. The monoisotopic (exact) mass is 287 g/mol. The van der Waals surface area contributed by atoms with Gasteiger partial charge in [-0.05, 0) is 75.4 Å². The fourth-order valence-corrected chi connectivity index (χ4v) is 4.06. The molecule has 3 heteroatoms. The third kappa shape index (κ3) is 4.27. The van der Waals surface area contributed by atoms with Gasteiger partial charge in [-0.2, -0.15) is 0 Å². The Balaban J connectivity index is 1.61. The van der Waals surface area contributed by atoms with E-state index in [1.165, 1.54) is 76.7 Å². The van der Waals surface area contributed by atoms with E-state index in [0.717, 1.165) is 12.0 Å². The predicted octanol–water partition coefficient (Wildman–Crippen LogP) is 2.87. The van der Waals surface area contributed by atoms with E-state index >= 15 is 0 Å². The van der Waals surface area contributed by atoms with Crippen molar-refractivity contribution < 1.29 is 0 Å². The lowest BCUT2D eigenvalue weighted by molar-refractivity contribution is 0.123. The van der Waals surface area contributed by atoms with Crippen LogP contribution in [0.25, 0.3) is 0 Å². The van der Waals surface area contributed by atoms with Gasteiger partial charge in [-0.1, -0.05) is 12.8 Å². The summed E-state index contributed by atoms with van der Waals surface area (Å²) >= 11 is 0. The lowest BCUT2D eigenvalue weighted by Crippen LogP contribution is -2.45. The van der Waals surface area contributed by atoms with Crippen LogP contribution in [0.5, 0.6) is 0 Å². The van der Waals surface area contributed by atoms with Gasteiger partial charge in [0.1, 0.15) is 0 Å². The van der Waals surface area contributed by atoms with Crippen LogP contribution in [0, 0.1) is 5.92 Å². The number of hydrogen-bond donors (Lipinski definition) is 1. The molecule has 0 bridgehead atoms. The molecular formula is C18H29N3. The van der Waals surface area contributed by atoms with E-state index in [4.69, 9.17) is 0 Å². The third-order valence-corrected chi connectivity index (χ3v) is 5.28. The summed E-state index contributed by atoms with van der Waals surface area (Å²) in [5.41, 5.74) is 1.43. The average molecular weight is 287 g/mol. The molecule has 0 aromatic carbocycles. The molecule has 3 heterocycles. The van der Waals surface area contributed by atoms with Crippen LogP contribution in [-0.2, 0) is 6.42 Å². The normalized spacial score (nSPS) is 25.6. The molecule has 0 spiro atoms. The van der Waals surface area contributed by atoms with E-state index in [1.54, 1.807) is 0 Å². The minimum atomic E-state index is 0.830. The number of nitrogens with zero attached hydrogens (tertiary/aromatic N) is 2. The molecular weight excluding hydrogens is 258 g/mol. The minimum Gasteiger partial charge on any atom is -0.317 e. The zero-order valence-corrected chi connectivity index (χ0v) is 13.1. The van der Waals surface area contributed by atoms with E-state index in [0.29, 0.717) is 0 Å². The van der Waals surface area contributed by atoms with Gasteiger partial charge in [0.15, 0.2) is 0 Å². The van der Waals surface area contributed by atoms with E-state index in [9.17, 15) is 0 Å². The summed E-state index contributed by atoms with van der Waals surface area (Å²) in [5, 5.41) is 3.52. The highest BCUT2D eigenvalue weighted by molar-refractivity contribution is 5.10. The van der Waals surface area contributed by atoms with E-state index in [1.807, 2.05) is 12.4 Å². The zero-order chi connectivity index (χ0) is 14.3. The summed E-state index contributed by atoms with van der Waals surface area (Å²) < 4.78 is 0. The molecule has 0 aliphatic carbocycles. The number of piperidine rings is 1. The molecule has 0 amide bonds. The summed E-state index contributed by atoms with van der Waals surface area (Å²) in [6.07, 6.45) is 13.4. The summed E-state index contributed by atoms with van der Waals surface area (Å²) in [7, 11) is 0. The quantitative estimate of drug-likeness (QED) is 0.923. The predicted molar refractivity (Wildman–Crippen MR) is 87.4 cm³/mol. The van der Waals surface area contributed by atoms with Crippen molar-refractivity contribution in [2.75, 3.05) is 26.2 Å². The number of hydrogen-bond acceptors (Lipinski definition) is 3. The van der Waals surface area contributed by atoms with Gasteiger partial charge in [0, 0.05) is 25.0 Å². The fourth-order valence-electron chi connectivity index (χ4n) is 4.06. The highest BCUT2D eigenvalue weighted by Gasteiger charge is 2.29. The van der Waals surface area contributed by atoms with E-state index in [2.05, 4.69) is 27.3 Å². The van der Waals surface area contributed by atoms with Crippen molar-refractivity contribution in [2.45, 2.75) is 51.0 Å². The highest BCUT2D eigenvalue weighted by Crippen LogP contribution is 2.28. The molecule has 21 heavy (non-hydrogen) atoms. The van der Waals surface area contributed by atoms with Crippen LogP contribution in [-0.4, -0.2) is 42.1 Å². The molecule has 2 fully saturated rings. The van der Waals surface area contributed by atoms with Gasteiger partial charge < -0.3 is 5.32 Å². The number of nitrogens with one attached hydrogen (secondary N) is 1.